The van der Waals surface area contributed by atoms with Crippen molar-refractivity contribution in [3.8, 4) is 0 Å². The van der Waals surface area contributed by atoms with Gasteiger partial charge in [-0.3, -0.25) is 4.79 Å². The summed E-state index contributed by atoms with van der Waals surface area (Å²) in [6, 6.07) is 0. The Bertz CT molecular complexity index is 153. The maximum Gasteiger partial charge on any atom is 0.319 e. The summed E-state index contributed by atoms with van der Waals surface area (Å²) < 4.78 is 4.53. The van der Waals surface area contributed by atoms with Gasteiger partial charge in [0.1, 0.15) is 3.92 Å². The molecule has 0 fully saturated rings. The number of rotatable bonds is 6. The zero-order valence-corrected chi connectivity index (χ0v) is 10.6. The molecule has 2 atom stereocenters. The van der Waals surface area contributed by atoms with Crippen LogP contribution in [0, 0.1) is 5.92 Å². The molecule has 0 aliphatic carbocycles. The first kappa shape index (κ1) is 13.2. The van der Waals surface area contributed by atoms with Gasteiger partial charge in [-0.1, -0.05) is 42.9 Å². The second kappa shape index (κ2) is 7.55. The van der Waals surface area contributed by atoms with Crippen molar-refractivity contribution in [2.24, 2.45) is 5.92 Å². The largest absolute Gasteiger partial charge is 0.468 e. The fraction of sp³-hybridized carbons (Fsp3) is 0.889. The second-order valence-corrected chi connectivity index (χ2v) is 4.67. The van der Waals surface area contributed by atoms with E-state index >= 15 is 0 Å². The van der Waals surface area contributed by atoms with E-state index in [1.165, 1.54) is 7.11 Å². The number of alkyl halides is 1. The van der Waals surface area contributed by atoms with Gasteiger partial charge in [-0.15, -0.1) is 0 Å². The zero-order valence-electron chi connectivity index (χ0n) is 8.47. The molecule has 0 aromatic heterocycles. The van der Waals surface area contributed by atoms with Crippen molar-refractivity contribution in [2.75, 3.05) is 20.2 Å². The molecule has 0 aromatic rings. The number of carbonyl (C=O) groups excluding carboxylic acids is 1. The number of carbonyl (C=O) groups is 1. The van der Waals surface area contributed by atoms with Gasteiger partial charge >= 0.3 is 5.97 Å². The van der Waals surface area contributed by atoms with Gasteiger partial charge in [0.05, 0.1) is 7.11 Å². The van der Waals surface area contributed by atoms with E-state index in [2.05, 4.69) is 46.5 Å². The van der Waals surface area contributed by atoms with Crippen LogP contribution in [0.2, 0.25) is 0 Å². The first-order valence-electron chi connectivity index (χ1n) is 4.54. The Kier molecular flexibility index (Phi) is 7.65. The van der Waals surface area contributed by atoms with Crippen LogP contribution in [0.3, 0.4) is 0 Å². The van der Waals surface area contributed by atoms with E-state index in [4.69, 9.17) is 0 Å². The van der Waals surface area contributed by atoms with Crippen molar-refractivity contribution in [1.29, 1.82) is 0 Å². The molecule has 0 spiro atoms. The maximum absolute atomic E-state index is 11.0. The van der Waals surface area contributed by atoms with Crippen LogP contribution in [-0.2, 0) is 9.53 Å². The molecular formula is C9H18INO2. The number of methoxy groups -OCH3 is 1. The molecule has 0 radical (unpaired) electrons. The van der Waals surface area contributed by atoms with E-state index in [1.807, 2.05) is 0 Å². The van der Waals surface area contributed by atoms with Crippen LogP contribution in [0.1, 0.15) is 20.3 Å². The number of ether oxygens (including phenoxy) is 1. The molecule has 0 saturated carbocycles. The molecule has 78 valence electrons. The van der Waals surface area contributed by atoms with E-state index in [1.54, 1.807) is 0 Å². The van der Waals surface area contributed by atoms with Crippen molar-refractivity contribution >= 4 is 28.6 Å². The summed E-state index contributed by atoms with van der Waals surface area (Å²) in [7, 11) is 1.42. The lowest BCUT2D eigenvalue weighted by Gasteiger charge is -2.12. The summed E-state index contributed by atoms with van der Waals surface area (Å²) in [5, 5.41) is 3.24. The van der Waals surface area contributed by atoms with E-state index in [9.17, 15) is 4.79 Å². The summed E-state index contributed by atoms with van der Waals surface area (Å²) in [5.74, 6) is 0.512. The maximum atomic E-state index is 11.0. The monoisotopic (exact) mass is 299 g/mol. The van der Waals surface area contributed by atoms with E-state index < -0.39 is 0 Å². The molecule has 0 aliphatic rings. The lowest BCUT2D eigenvalue weighted by Crippen LogP contribution is -2.32. The molecule has 4 heteroatoms. The fourth-order valence-electron chi connectivity index (χ4n) is 0.812. The SMILES string of the molecule is CCC(C)CNCC(I)C(=O)OC. The van der Waals surface area contributed by atoms with Crippen molar-refractivity contribution in [2.45, 2.75) is 24.2 Å². The molecule has 0 amide bonds. The van der Waals surface area contributed by atoms with Gasteiger partial charge < -0.3 is 10.1 Å². The molecule has 0 aliphatic heterocycles. The lowest BCUT2D eigenvalue weighted by atomic mass is 10.1. The molecule has 0 rings (SSSR count). The minimum absolute atomic E-state index is 0.0772. The minimum atomic E-state index is -0.155. The topological polar surface area (TPSA) is 38.3 Å². The third kappa shape index (κ3) is 6.26. The van der Waals surface area contributed by atoms with Crippen LogP contribution >= 0.6 is 22.6 Å². The molecule has 13 heavy (non-hydrogen) atoms. The Hall–Kier alpha value is 0.160. The molecule has 0 heterocycles. The second-order valence-electron chi connectivity index (χ2n) is 3.16. The number of halogens is 1. The predicted octanol–water partition coefficient (Wildman–Crippen LogP) is 1.60. The average Bonchev–Trinajstić information content (AvgIpc) is 2.15. The smallest absolute Gasteiger partial charge is 0.319 e. The van der Waals surface area contributed by atoms with Crippen LogP contribution in [0.5, 0.6) is 0 Å². The first-order valence-corrected chi connectivity index (χ1v) is 5.79. The van der Waals surface area contributed by atoms with Gasteiger partial charge in [0.2, 0.25) is 0 Å². The number of hydrogen-bond acceptors (Lipinski definition) is 3. The summed E-state index contributed by atoms with van der Waals surface area (Å²) in [6.45, 7) is 6.01. The van der Waals surface area contributed by atoms with E-state index in [-0.39, 0.29) is 9.89 Å². The Morgan fingerprint density at radius 1 is 1.54 bits per heavy atom. The highest BCUT2D eigenvalue weighted by atomic mass is 127. The summed E-state index contributed by atoms with van der Waals surface area (Å²) >= 11 is 2.09. The molecular weight excluding hydrogens is 281 g/mol. The summed E-state index contributed by atoms with van der Waals surface area (Å²) in [5.41, 5.74) is 0. The van der Waals surface area contributed by atoms with Crippen LogP contribution in [0.4, 0.5) is 0 Å². The average molecular weight is 299 g/mol. The van der Waals surface area contributed by atoms with Gasteiger partial charge in [-0.2, -0.15) is 0 Å². The summed E-state index contributed by atoms with van der Waals surface area (Å²) in [4.78, 5) is 11.0. The van der Waals surface area contributed by atoms with E-state index in [0.717, 1.165) is 13.0 Å². The fourth-order valence-corrected chi connectivity index (χ4v) is 1.38. The number of hydrogen-bond donors (Lipinski definition) is 1. The number of nitrogens with one attached hydrogen (secondary N) is 1. The predicted molar refractivity (Wildman–Crippen MR) is 62.1 cm³/mol. The van der Waals surface area contributed by atoms with Crippen molar-refractivity contribution in [3.63, 3.8) is 0 Å². The van der Waals surface area contributed by atoms with Crippen LogP contribution in [0.15, 0.2) is 0 Å². The van der Waals surface area contributed by atoms with E-state index in [0.29, 0.717) is 12.5 Å². The third-order valence-electron chi connectivity index (χ3n) is 1.97. The molecule has 1 N–H and O–H groups in total. The molecule has 0 bridgehead atoms. The Balaban J connectivity index is 3.47. The standard InChI is InChI=1S/C9H18INO2/c1-4-7(2)5-11-6-8(10)9(12)13-3/h7-8,11H,4-6H2,1-3H3. The molecule has 0 aromatic carbocycles. The third-order valence-corrected chi connectivity index (χ3v) is 2.92. The normalized spacial score (nSPS) is 15.1. The van der Waals surface area contributed by atoms with Crippen molar-refractivity contribution < 1.29 is 9.53 Å². The molecule has 2 unspecified atom stereocenters. The molecule has 3 nitrogen and oxygen atoms in total. The highest BCUT2D eigenvalue weighted by molar-refractivity contribution is 14.1. The summed E-state index contributed by atoms with van der Waals surface area (Å²) in [6.07, 6.45) is 1.16. The lowest BCUT2D eigenvalue weighted by molar-refractivity contribution is -0.139. The van der Waals surface area contributed by atoms with Crippen molar-refractivity contribution in [1.82, 2.24) is 5.32 Å². The highest BCUT2D eigenvalue weighted by Crippen LogP contribution is 2.02. The first-order chi connectivity index (χ1) is 6.11. The van der Waals surface area contributed by atoms with Gasteiger partial charge in [0.25, 0.3) is 0 Å². The van der Waals surface area contributed by atoms with Gasteiger partial charge in [0.15, 0.2) is 0 Å². The molecule has 0 saturated heterocycles. The quantitative estimate of drug-likeness (QED) is 0.460. The van der Waals surface area contributed by atoms with Gasteiger partial charge in [-0.05, 0) is 12.5 Å². The van der Waals surface area contributed by atoms with Crippen molar-refractivity contribution in [3.05, 3.63) is 0 Å². The Morgan fingerprint density at radius 2 is 2.15 bits per heavy atom. The Morgan fingerprint density at radius 3 is 2.62 bits per heavy atom. The van der Waals surface area contributed by atoms with Gasteiger partial charge in [0, 0.05) is 6.54 Å². The minimum Gasteiger partial charge on any atom is -0.468 e. The van der Waals surface area contributed by atoms with Crippen LogP contribution < -0.4 is 5.32 Å². The Labute approximate surface area is 93.7 Å². The van der Waals surface area contributed by atoms with Crippen LogP contribution in [-0.4, -0.2) is 30.1 Å². The highest BCUT2D eigenvalue weighted by Gasteiger charge is 2.14. The number of esters is 1. The zero-order chi connectivity index (χ0) is 10.3. The van der Waals surface area contributed by atoms with Crippen LogP contribution in [0.25, 0.3) is 0 Å². The van der Waals surface area contributed by atoms with Gasteiger partial charge in [-0.25, -0.2) is 0 Å².